The summed E-state index contributed by atoms with van der Waals surface area (Å²) in [6.45, 7) is 3.73. The second-order valence-corrected chi connectivity index (χ2v) is 3.46. The molecule has 1 rings (SSSR count). The van der Waals surface area contributed by atoms with E-state index in [4.69, 9.17) is 0 Å². The number of carboxylic acids is 1. The van der Waals surface area contributed by atoms with Crippen molar-refractivity contribution >= 4 is 11.7 Å². The summed E-state index contributed by atoms with van der Waals surface area (Å²) in [5.41, 5.74) is -0.0856. The number of aliphatic carboxylic acids is 1. The first-order valence-electron chi connectivity index (χ1n) is 5.06. The Balaban J connectivity index is 2.89. The van der Waals surface area contributed by atoms with Gasteiger partial charge in [0.2, 0.25) is 0 Å². The van der Waals surface area contributed by atoms with Gasteiger partial charge in [0.25, 0.3) is 0 Å². The van der Waals surface area contributed by atoms with Crippen LogP contribution in [-0.2, 0) is 4.79 Å². The zero-order valence-electron chi connectivity index (χ0n) is 9.03. The lowest BCUT2D eigenvalue weighted by molar-refractivity contribution is -0.142. The summed E-state index contributed by atoms with van der Waals surface area (Å²) in [5.74, 6) is -0.815. The van der Waals surface area contributed by atoms with Crippen molar-refractivity contribution in [3.63, 3.8) is 0 Å². The van der Waals surface area contributed by atoms with Gasteiger partial charge >= 0.3 is 5.97 Å². The minimum atomic E-state index is -0.874. The highest BCUT2D eigenvalue weighted by Gasteiger charge is 2.34. The van der Waals surface area contributed by atoms with Gasteiger partial charge in [0.1, 0.15) is 5.54 Å². The molecule has 0 saturated heterocycles. The SMILES string of the molecule is CCC(CC)(Nc1ccncc1)C(=O)O. The number of aromatic nitrogens is 1. The molecule has 1 aromatic heterocycles. The van der Waals surface area contributed by atoms with Crippen molar-refractivity contribution in [1.29, 1.82) is 0 Å². The number of nitrogens with zero attached hydrogens (tertiary/aromatic N) is 1. The van der Waals surface area contributed by atoms with Crippen molar-refractivity contribution < 1.29 is 9.90 Å². The number of rotatable bonds is 5. The molecule has 0 aliphatic carbocycles. The van der Waals surface area contributed by atoms with E-state index in [0.717, 1.165) is 5.69 Å². The Morgan fingerprint density at radius 1 is 1.40 bits per heavy atom. The molecule has 0 saturated carbocycles. The normalized spacial score (nSPS) is 11.1. The minimum absolute atomic E-state index is 0.543. The molecule has 4 heteroatoms. The molecule has 0 amide bonds. The average molecular weight is 208 g/mol. The molecule has 0 aliphatic rings. The maximum Gasteiger partial charge on any atom is 0.329 e. The summed E-state index contributed by atoms with van der Waals surface area (Å²) in [4.78, 5) is 15.1. The fourth-order valence-electron chi connectivity index (χ4n) is 1.49. The van der Waals surface area contributed by atoms with Gasteiger partial charge < -0.3 is 10.4 Å². The number of carbonyl (C=O) groups is 1. The Kier molecular flexibility index (Phi) is 3.66. The van der Waals surface area contributed by atoms with E-state index in [1.807, 2.05) is 13.8 Å². The molecule has 0 fully saturated rings. The summed E-state index contributed by atoms with van der Waals surface area (Å²) in [7, 11) is 0. The Labute approximate surface area is 89.3 Å². The first-order chi connectivity index (χ1) is 7.14. The Morgan fingerprint density at radius 2 is 1.93 bits per heavy atom. The summed E-state index contributed by atoms with van der Waals surface area (Å²) in [5, 5.41) is 12.3. The molecule has 2 N–H and O–H groups in total. The second kappa shape index (κ2) is 4.77. The van der Waals surface area contributed by atoms with Gasteiger partial charge in [0.05, 0.1) is 0 Å². The lowest BCUT2D eigenvalue weighted by Crippen LogP contribution is -2.45. The van der Waals surface area contributed by atoms with Crippen LogP contribution in [0.4, 0.5) is 5.69 Å². The van der Waals surface area contributed by atoms with E-state index in [1.54, 1.807) is 24.5 Å². The molecular formula is C11H16N2O2. The lowest BCUT2D eigenvalue weighted by atomic mass is 9.92. The number of hydrogen-bond acceptors (Lipinski definition) is 3. The van der Waals surface area contributed by atoms with Crippen LogP contribution >= 0.6 is 0 Å². The molecule has 0 aliphatic heterocycles. The molecular weight excluding hydrogens is 192 g/mol. The minimum Gasteiger partial charge on any atom is -0.480 e. The van der Waals surface area contributed by atoms with E-state index >= 15 is 0 Å². The maximum absolute atomic E-state index is 11.2. The van der Waals surface area contributed by atoms with Gasteiger partial charge in [0.15, 0.2) is 0 Å². The van der Waals surface area contributed by atoms with Crippen molar-refractivity contribution in [1.82, 2.24) is 4.98 Å². The van der Waals surface area contributed by atoms with Crippen LogP contribution in [0.5, 0.6) is 0 Å². The van der Waals surface area contributed by atoms with Crippen LogP contribution in [0.15, 0.2) is 24.5 Å². The van der Waals surface area contributed by atoms with E-state index in [9.17, 15) is 9.90 Å². The largest absolute Gasteiger partial charge is 0.480 e. The van der Waals surface area contributed by atoms with Crippen LogP contribution < -0.4 is 5.32 Å². The lowest BCUT2D eigenvalue weighted by Gasteiger charge is -2.29. The van der Waals surface area contributed by atoms with E-state index in [-0.39, 0.29) is 0 Å². The fourth-order valence-corrected chi connectivity index (χ4v) is 1.49. The number of carboxylic acid groups (broad SMARTS) is 1. The van der Waals surface area contributed by atoms with Crippen molar-refractivity contribution in [3.8, 4) is 0 Å². The summed E-state index contributed by atoms with van der Waals surface area (Å²) in [6.07, 6.45) is 4.36. The number of pyridine rings is 1. The molecule has 4 nitrogen and oxygen atoms in total. The second-order valence-electron chi connectivity index (χ2n) is 3.46. The van der Waals surface area contributed by atoms with E-state index in [1.165, 1.54) is 0 Å². The van der Waals surface area contributed by atoms with Crippen LogP contribution in [0, 0.1) is 0 Å². The Morgan fingerprint density at radius 3 is 2.33 bits per heavy atom. The van der Waals surface area contributed by atoms with Crippen molar-refractivity contribution in [2.45, 2.75) is 32.2 Å². The Bertz CT molecular complexity index is 321. The van der Waals surface area contributed by atoms with Crippen LogP contribution in [0.25, 0.3) is 0 Å². The fraction of sp³-hybridized carbons (Fsp3) is 0.455. The van der Waals surface area contributed by atoms with Crippen LogP contribution in [0.3, 0.4) is 0 Å². The van der Waals surface area contributed by atoms with E-state index in [0.29, 0.717) is 12.8 Å². The van der Waals surface area contributed by atoms with Crippen molar-refractivity contribution in [3.05, 3.63) is 24.5 Å². The van der Waals surface area contributed by atoms with Crippen LogP contribution in [-0.4, -0.2) is 21.6 Å². The molecule has 0 unspecified atom stereocenters. The number of hydrogen-bond donors (Lipinski definition) is 2. The van der Waals surface area contributed by atoms with Crippen LogP contribution in [0.2, 0.25) is 0 Å². The van der Waals surface area contributed by atoms with E-state index < -0.39 is 11.5 Å². The number of anilines is 1. The standard InChI is InChI=1S/C11H16N2O2/c1-3-11(4-2,10(14)15)13-9-5-7-12-8-6-9/h5-8H,3-4H2,1-2H3,(H,12,13)(H,14,15). The van der Waals surface area contributed by atoms with E-state index in [2.05, 4.69) is 10.3 Å². The number of nitrogens with one attached hydrogen (secondary N) is 1. The summed E-state index contributed by atoms with van der Waals surface area (Å²) in [6, 6.07) is 3.53. The van der Waals surface area contributed by atoms with Gasteiger partial charge in [-0.15, -0.1) is 0 Å². The Hall–Kier alpha value is -1.58. The smallest absolute Gasteiger partial charge is 0.329 e. The van der Waals surface area contributed by atoms with Gasteiger partial charge in [-0.25, -0.2) is 4.79 Å². The summed E-state index contributed by atoms with van der Waals surface area (Å²) >= 11 is 0. The van der Waals surface area contributed by atoms with Crippen molar-refractivity contribution in [2.75, 3.05) is 5.32 Å². The zero-order chi connectivity index (χ0) is 11.3. The quantitative estimate of drug-likeness (QED) is 0.778. The first kappa shape index (κ1) is 11.5. The molecule has 0 bridgehead atoms. The highest BCUT2D eigenvalue weighted by Crippen LogP contribution is 2.22. The predicted molar refractivity (Wildman–Crippen MR) is 58.8 cm³/mol. The first-order valence-corrected chi connectivity index (χ1v) is 5.06. The molecule has 1 aromatic rings. The monoisotopic (exact) mass is 208 g/mol. The average Bonchev–Trinajstić information content (AvgIpc) is 2.27. The molecule has 82 valence electrons. The maximum atomic E-state index is 11.2. The highest BCUT2D eigenvalue weighted by atomic mass is 16.4. The van der Waals surface area contributed by atoms with Gasteiger partial charge in [-0.1, -0.05) is 13.8 Å². The van der Waals surface area contributed by atoms with Gasteiger partial charge in [-0.2, -0.15) is 0 Å². The molecule has 0 radical (unpaired) electrons. The molecule has 0 atom stereocenters. The summed E-state index contributed by atoms with van der Waals surface area (Å²) < 4.78 is 0. The van der Waals surface area contributed by atoms with Gasteiger partial charge in [-0.05, 0) is 25.0 Å². The molecule has 15 heavy (non-hydrogen) atoms. The third-order valence-electron chi connectivity index (χ3n) is 2.68. The molecule has 1 heterocycles. The van der Waals surface area contributed by atoms with Gasteiger partial charge in [0, 0.05) is 18.1 Å². The topological polar surface area (TPSA) is 62.2 Å². The predicted octanol–water partition coefficient (Wildman–Crippen LogP) is 2.14. The van der Waals surface area contributed by atoms with Gasteiger partial charge in [-0.3, -0.25) is 4.98 Å². The zero-order valence-corrected chi connectivity index (χ0v) is 9.03. The van der Waals surface area contributed by atoms with Crippen LogP contribution in [0.1, 0.15) is 26.7 Å². The molecule has 0 spiro atoms. The third kappa shape index (κ3) is 2.46. The third-order valence-corrected chi connectivity index (χ3v) is 2.68. The highest BCUT2D eigenvalue weighted by molar-refractivity contribution is 5.82. The van der Waals surface area contributed by atoms with Crippen molar-refractivity contribution in [2.24, 2.45) is 0 Å². The molecule has 0 aromatic carbocycles.